The van der Waals surface area contributed by atoms with E-state index in [1.807, 2.05) is 0 Å². The normalized spacial score (nSPS) is 21.8. The second-order valence-electron chi connectivity index (χ2n) is 5.64. The summed E-state index contributed by atoms with van der Waals surface area (Å²) < 4.78 is 0. The van der Waals surface area contributed by atoms with Crippen LogP contribution < -0.4 is 5.73 Å². The number of aryl methyl sites for hydroxylation is 1. The molecule has 2 heteroatoms. The van der Waals surface area contributed by atoms with Gasteiger partial charge >= 0.3 is 0 Å². The Hall–Kier alpha value is -0.530. The molecule has 3 rings (SSSR count). The molecule has 0 heterocycles. The summed E-state index contributed by atoms with van der Waals surface area (Å²) in [6.45, 7) is 0.766. The molecule has 1 saturated carbocycles. The van der Waals surface area contributed by atoms with Gasteiger partial charge in [0.15, 0.2) is 0 Å². The highest BCUT2D eigenvalue weighted by molar-refractivity contribution is 6.31. The van der Waals surface area contributed by atoms with Crippen molar-refractivity contribution in [3.63, 3.8) is 0 Å². The minimum absolute atomic E-state index is 0.223. The average molecular weight is 250 g/mol. The van der Waals surface area contributed by atoms with Crippen LogP contribution in [0.3, 0.4) is 0 Å². The van der Waals surface area contributed by atoms with Gasteiger partial charge in [-0.2, -0.15) is 0 Å². The van der Waals surface area contributed by atoms with E-state index in [1.54, 1.807) is 0 Å². The van der Waals surface area contributed by atoms with Gasteiger partial charge in [-0.3, -0.25) is 0 Å². The molecule has 2 aliphatic rings. The Kier molecular flexibility index (Phi) is 2.92. The third kappa shape index (κ3) is 1.80. The Morgan fingerprint density at radius 1 is 1.12 bits per heavy atom. The number of rotatable bonds is 2. The van der Waals surface area contributed by atoms with Crippen LogP contribution in [0.5, 0.6) is 0 Å². The molecule has 92 valence electrons. The van der Waals surface area contributed by atoms with Crippen LogP contribution in [0.1, 0.15) is 48.8 Å². The number of nitrogens with two attached hydrogens (primary N) is 1. The topological polar surface area (TPSA) is 26.0 Å². The second-order valence-corrected chi connectivity index (χ2v) is 6.05. The van der Waals surface area contributed by atoms with E-state index in [9.17, 15) is 0 Å². The zero-order valence-corrected chi connectivity index (χ0v) is 11.0. The van der Waals surface area contributed by atoms with Gasteiger partial charge in [-0.15, -0.1) is 0 Å². The molecule has 0 radical (unpaired) electrons. The van der Waals surface area contributed by atoms with Crippen LogP contribution in [0.25, 0.3) is 0 Å². The summed E-state index contributed by atoms with van der Waals surface area (Å²) >= 11 is 6.43. The summed E-state index contributed by atoms with van der Waals surface area (Å²) in [5.41, 5.74) is 10.6. The summed E-state index contributed by atoms with van der Waals surface area (Å²) in [5.74, 6) is 0. The van der Waals surface area contributed by atoms with E-state index in [4.69, 9.17) is 17.3 Å². The number of benzene rings is 1. The van der Waals surface area contributed by atoms with Crippen LogP contribution in [0, 0.1) is 0 Å². The van der Waals surface area contributed by atoms with Gasteiger partial charge in [0, 0.05) is 17.0 Å². The molecule has 0 bridgehead atoms. The van der Waals surface area contributed by atoms with Gasteiger partial charge in [-0.1, -0.05) is 30.5 Å². The zero-order valence-electron chi connectivity index (χ0n) is 10.3. The van der Waals surface area contributed by atoms with Crippen molar-refractivity contribution in [2.75, 3.05) is 6.54 Å². The van der Waals surface area contributed by atoms with Crippen molar-refractivity contribution >= 4 is 11.6 Å². The van der Waals surface area contributed by atoms with Crippen LogP contribution in [0.15, 0.2) is 12.1 Å². The molecule has 0 saturated heterocycles. The Labute approximate surface area is 108 Å². The minimum atomic E-state index is 0.223. The lowest BCUT2D eigenvalue weighted by Gasteiger charge is -2.29. The highest BCUT2D eigenvalue weighted by Gasteiger charge is 2.35. The summed E-state index contributed by atoms with van der Waals surface area (Å²) in [4.78, 5) is 0. The Balaban J connectivity index is 2.06. The van der Waals surface area contributed by atoms with Crippen molar-refractivity contribution in [2.24, 2.45) is 5.73 Å². The maximum absolute atomic E-state index is 6.43. The zero-order chi connectivity index (χ0) is 11.9. The number of fused-ring (bicyclic) bond motifs is 1. The molecule has 0 atom stereocenters. The molecular weight excluding hydrogens is 230 g/mol. The SMILES string of the molecule is NCC1(c2cc(Cl)c3c(c2)CCC3)CCCC1. The molecule has 1 nitrogen and oxygen atoms in total. The molecule has 2 N–H and O–H groups in total. The maximum atomic E-state index is 6.43. The van der Waals surface area contributed by atoms with Crippen LogP contribution in [0.4, 0.5) is 0 Å². The molecule has 1 fully saturated rings. The molecule has 1 aromatic carbocycles. The highest BCUT2D eigenvalue weighted by Crippen LogP contribution is 2.43. The minimum Gasteiger partial charge on any atom is -0.330 e. The molecule has 0 aliphatic heterocycles. The van der Waals surface area contributed by atoms with Crippen molar-refractivity contribution in [3.05, 3.63) is 33.8 Å². The molecule has 2 aliphatic carbocycles. The van der Waals surface area contributed by atoms with Crippen molar-refractivity contribution in [1.82, 2.24) is 0 Å². The van der Waals surface area contributed by atoms with E-state index in [1.165, 1.54) is 55.2 Å². The molecule has 0 aromatic heterocycles. The van der Waals surface area contributed by atoms with Crippen LogP contribution in [-0.4, -0.2) is 6.54 Å². The van der Waals surface area contributed by atoms with Crippen molar-refractivity contribution < 1.29 is 0 Å². The molecule has 17 heavy (non-hydrogen) atoms. The van der Waals surface area contributed by atoms with Crippen molar-refractivity contribution in [1.29, 1.82) is 0 Å². The number of halogens is 1. The summed E-state index contributed by atoms with van der Waals surface area (Å²) in [6.07, 6.45) is 8.71. The fraction of sp³-hybridized carbons (Fsp3) is 0.600. The van der Waals surface area contributed by atoms with Crippen molar-refractivity contribution in [3.8, 4) is 0 Å². The lowest BCUT2D eigenvalue weighted by Crippen LogP contribution is -2.32. The van der Waals surface area contributed by atoms with Gasteiger partial charge in [0.1, 0.15) is 0 Å². The van der Waals surface area contributed by atoms with Crippen LogP contribution in [-0.2, 0) is 18.3 Å². The average Bonchev–Trinajstić information content (AvgIpc) is 2.98. The highest BCUT2D eigenvalue weighted by atomic mass is 35.5. The molecule has 0 unspecified atom stereocenters. The Morgan fingerprint density at radius 3 is 2.59 bits per heavy atom. The van der Waals surface area contributed by atoms with Gasteiger partial charge in [0.05, 0.1) is 0 Å². The van der Waals surface area contributed by atoms with Crippen LogP contribution >= 0.6 is 11.6 Å². The first-order valence-corrected chi connectivity index (χ1v) is 7.15. The van der Waals surface area contributed by atoms with Gasteiger partial charge in [-0.05, 0) is 54.9 Å². The summed E-state index contributed by atoms with van der Waals surface area (Å²) in [6, 6.07) is 4.59. The number of hydrogen-bond donors (Lipinski definition) is 1. The smallest absolute Gasteiger partial charge is 0.0443 e. The first-order valence-electron chi connectivity index (χ1n) is 6.77. The predicted octanol–water partition coefficient (Wildman–Crippen LogP) is 3.60. The monoisotopic (exact) mass is 249 g/mol. The lowest BCUT2D eigenvalue weighted by molar-refractivity contribution is 0.452. The van der Waals surface area contributed by atoms with Crippen LogP contribution in [0.2, 0.25) is 5.02 Å². The van der Waals surface area contributed by atoms with Gasteiger partial charge in [0.25, 0.3) is 0 Å². The molecule has 0 spiro atoms. The predicted molar refractivity (Wildman–Crippen MR) is 72.7 cm³/mol. The van der Waals surface area contributed by atoms with Gasteiger partial charge < -0.3 is 5.73 Å². The quantitative estimate of drug-likeness (QED) is 0.852. The molecule has 0 amide bonds. The van der Waals surface area contributed by atoms with E-state index in [2.05, 4.69) is 12.1 Å². The third-order valence-electron chi connectivity index (χ3n) is 4.72. The van der Waals surface area contributed by atoms with E-state index < -0.39 is 0 Å². The van der Waals surface area contributed by atoms with E-state index in [-0.39, 0.29) is 5.41 Å². The molecular formula is C15H20ClN. The Bertz CT molecular complexity index is 433. The third-order valence-corrected chi connectivity index (χ3v) is 5.06. The summed E-state index contributed by atoms with van der Waals surface area (Å²) in [7, 11) is 0. The second kappa shape index (κ2) is 4.29. The van der Waals surface area contributed by atoms with E-state index in [0.29, 0.717) is 0 Å². The lowest BCUT2D eigenvalue weighted by atomic mass is 9.78. The maximum Gasteiger partial charge on any atom is 0.0443 e. The van der Waals surface area contributed by atoms with Gasteiger partial charge in [-0.25, -0.2) is 0 Å². The molecule has 1 aromatic rings. The van der Waals surface area contributed by atoms with E-state index in [0.717, 1.165) is 18.0 Å². The fourth-order valence-electron chi connectivity index (χ4n) is 3.62. The standard InChI is InChI=1S/C15H20ClN/c16-14-9-12(8-11-4-3-5-13(11)14)15(10-17)6-1-2-7-15/h8-9H,1-7,10,17H2. The fourth-order valence-corrected chi connectivity index (χ4v) is 3.95. The van der Waals surface area contributed by atoms with Crippen molar-refractivity contribution in [2.45, 2.75) is 50.4 Å². The van der Waals surface area contributed by atoms with E-state index >= 15 is 0 Å². The van der Waals surface area contributed by atoms with Gasteiger partial charge in [0.2, 0.25) is 0 Å². The largest absolute Gasteiger partial charge is 0.330 e. The first kappa shape index (κ1) is 11.6. The summed E-state index contributed by atoms with van der Waals surface area (Å²) in [5, 5.41) is 0.981. The number of hydrogen-bond acceptors (Lipinski definition) is 1. The Morgan fingerprint density at radius 2 is 1.88 bits per heavy atom. The first-order chi connectivity index (χ1) is 8.25.